The number of aliphatic hydroxyl groups excluding tert-OH is 1. The Morgan fingerprint density at radius 2 is 1.68 bits per heavy atom. The van der Waals surface area contributed by atoms with E-state index in [1.54, 1.807) is 0 Å². The molecule has 3 aromatic carbocycles. The van der Waals surface area contributed by atoms with Gasteiger partial charge in [0.05, 0.1) is 29.4 Å². The van der Waals surface area contributed by atoms with Crippen molar-refractivity contribution in [1.82, 2.24) is 9.97 Å². The molecule has 0 atom stereocenters. The molecular formula is C26H22AlN2O5. The van der Waals surface area contributed by atoms with Crippen molar-refractivity contribution in [2.45, 2.75) is 6.92 Å². The van der Waals surface area contributed by atoms with Crippen molar-refractivity contribution in [2.75, 3.05) is 6.61 Å². The molecule has 1 N–H and O–H groups in total. The molecule has 2 aromatic heterocycles. The molecule has 0 fully saturated rings. The molecule has 7 nitrogen and oxygen atoms in total. The normalized spacial score (nSPS) is 10.3. The van der Waals surface area contributed by atoms with E-state index in [-0.39, 0.29) is 6.61 Å². The Morgan fingerprint density at radius 3 is 2.41 bits per heavy atom. The van der Waals surface area contributed by atoms with Crippen LogP contribution in [0.1, 0.15) is 11.6 Å². The highest BCUT2D eigenvalue weighted by Gasteiger charge is 2.15. The zero-order chi connectivity index (χ0) is 23.8. The molecule has 34 heavy (non-hydrogen) atoms. The lowest BCUT2D eigenvalue weighted by Gasteiger charge is -2.10. The molecule has 0 saturated heterocycles. The molecule has 1 radical (unpaired) electrons. The second-order valence-corrected chi connectivity index (χ2v) is 7.85. The lowest BCUT2D eigenvalue weighted by atomic mass is 10.2. The van der Waals surface area contributed by atoms with E-state index in [9.17, 15) is 0 Å². The summed E-state index contributed by atoms with van der Waals surface area (Å²) in [5.41, 5.74) is 3.71. The number of hydrogen-bond acceptors (Lipinski definition) is 7. The number of aliphatic hydroxyl groups is 1. The van der Waals surface area contributed by atoms with Crippen molar-refractivity contribution in [3.63, 3.8) is 0 Å². The summed E-state index contributed by atoms with van der Waals surface area (Å²) in [5.74, 6) is 2.47. The number of benzene rings is 3. The zero-order valence-corrected chi connectivity index (χ0v) is 19.7. The van der Waals surface area contributed by atoms with Gasteiger partial charge < -0.3 is 21.5 Å². The number of hydrogen-bond donors (Lipinski definition) is 1. The van der Waals surface area contributed by atoms with E-state index < -0.39 is 15.9 Å². The highest BCUT2D eigenvalue weighted by Crippen LogP contribution is 2.31. The van der Waals surface area contributed by atoms with E-state index in [4.69, 9.17) is 21.5 Å². The lowest BCUT2D eigenvalue weighted by molar-refractivity contribution is 0.345. The summed E-state index contributed by atoms with van der Waals surface area (Å²) in [7, 11) is 0. The van der Waals surface area contributed by atoms with Gasteiger partial charge in [0.15, 0.2) is 5.58 Å². The maximum absolute atomic E-state index is 8.60. The van der Waals surface area contributed by atoms with Crippen molar-refractivity contribution < 1.29 is 21.5 Å². The van der Waals surface area contributed by atoms with E-state index >= 15 is 0 Å². The third kappa shape index (κ3) is 5.94. The predicted molar refractivity (Wildman–Crippen MR) is 130 cm³/mol. The van der Waals surface area contributed by atoms with Crippen LogP contribution in [0.25, 0.3) is 28.1 Å². The van der Waals surface area contributed by atoms with Crippen LogP contribution in [-0.2, 0) is 0 Å². The Balaban J connectivity index is 0.000000231. The fraction of sp³-hybridized carbons (Fsp3) is 0.0769. The minimum absolute atomic E-state index is 0.111. The van der Waals surface area contributed by atoms with Gasteiger partial charge in [0.2, 0.25) is 11.8 Å². The first-order chi connectivity index (χ1) is 16.6. The van der Waals surface area contributed by atoms with E-state index in [1.807, 2.05) is 85.8 Å². The minimum Gasteiger partial charge on any atom is -0.616 e. The van der Waals surface area contributed by atoms with Crippen LogP contribution in [0, 0.1) is 6.92 Å². The van der Waals surface area contributed by atoms with Gasteiger partial charge in [-0.05, 0) is 43.3 Å². The summed E-state index contributed by atoms with van der Waals surface area (Å²) in [4.78, 5) is 8.49. The molecule has 0 aliphatic carbocycles. The van der Waals surface area contributed by atoms with Gasteiger partial charge in [0.1, 0.15) is 11.8 Å². The Morgan fingerprint density at radius 1 is 0.941 bits per heavy atom. The van der Waals surface area contributed by atoms with Gasteiger partial charge in [-0.2, -0.15) is 0 Å². The standard InChI is InChI=1S/C13H9NO2.C7H9NO2.C6H6O.Al/c15-11-7-3-1-5-9(11)13-14-10-6-2-4-8-12(10)16-13;1-5(3-9)7-8-6(2)4-10-7;7-6-4-2-1-3-5-6;/h1-8,15H;4,9H,1,3H2,2H3;1-5,7H;/q;;;+2/p-2. The van der Waals surface area contributed by atoms with Gasteiger partial charge in [0.25, 0.3) is 0 Å². The molecule has 0 bridgehead atoms. The highest BCUT2D eigenvalue weighted by molar-refractivity contribution is 6.21. The number of para-hydroxylation sites is 4. The molecule has 0 aliphatic rings. The van der Waals surface area contributed by atoms with Crippen molar-refractivity contribution in [2.24, 2.45) is 0 Å². The van der Waals surface area contributed by atoms with Gasteiger partial charge in [-0.15, -0.1) is 0 Å². The first-order valence-electron chi connectivity index (χ1n) is 10.5. The second kappa shape index (κ2) is 11.3. The molecule has 0 unspecified atom stereocenters. The van der Waals surface area contributed by atoms with E-state index in [2.05, 4.69) is 16.5 Å². The maximum Gasteiger partial charge on any atom is 0.881 e. The topological polar surface area (TPSA) is 90.8 Å². The lowest BCUT2D eigenvalue weighted by Crippen LogP contribution is -2.11. The minimum atomic E-state index is -0.681. The van der Waals surface area contributed by atoms with Crippen LogP contribution in [0.2, 0.25) is 0 Å². The fourth-order valence-electron chi connectivity index (χ4n) is 2.95. The molecule has 0 amide bonds. The molecule has 2 heterocycles. The Kier molecular flexibility index (Phi) is 7.79. The van der Waals surface area contributed by atoms with Crippen molar-refractivity contribution in [3.05, 3.63) is 103 Å². The number of rotatable bonds is 7. The van der Waals surface area contributed by atoms with Crippen LogP contribution >= 0.6 is 0 Å². The summed E-state index contributed by atoms with van der Waals surface area (Å²) < 4.78 is 22.3. The van der Waals surface area contributed by atoms with Gasteiger partial charge in [-0.25, -0.2) is 9.97 Å². The maximum atomic E-state index is 8.60. The number of aryl methyl sites for hydroxylation is 1. The Hall–Kier alpha value is -3.83. The highest BCUT2D eigenvalue weighted by atomic mass is 27.2. The third-order valence-corrected chi connectivity index (χ3v) is 5.34. The SMILES string of the molecule is C=C(CO)c1nc(C)co1.c1ccc([O][Al][O]c2ccccc2-c2nc3ccccc3o2)cc1. The van der Waals surface area contributed by atoms with Gasteiger partial charge in [-0.3, -0.25) is 0 Å². The Labute approximate surface area is 203 Å². The van der Waals surface area contributed by atoms with Crippen molar-refractivity contribution in [3.8, 4) is 23.0 Å². The monoisotopic (exact) mass is 469 g/mol. The zero-order valence-electron chi connectivity index (χ0n) is 18.5. The fourth-order valence-corrected chi connectivity index (χ4v) is 3.57. The van der Waals surface area contributed by atoms with Crippen molar-refractivity contribution >= 4 is 32.6 Å². The molecule has 0 saturated carbocycles. The second-order valence-electron chi connectivity index (χ2n) is 7.18. The van der Waals surface area contributed by atoms with Crippen LogP contribution < -0.4 is 7.58 Å². The van der Waals surface area contributed by atoms with Crippen molar-refractivity contribution in [1.29, 1.82) is 0 Å². The third-order valence-electron chi connectivity index (χ3n) is 4.63. The number of nitrogens with zero attached hydrogens (tertiary/aromatic N) is 2. The predicted octanol–water partition coefficient (Wildman–Crippen LogP) is 5.48. The molecular weight excluding hydrogens is 447 g/mol. The number of aromatic nitrogens is 2. The summed E-state index contributed by atoms with van der Waals surface area (Å²) in [5, 5.41) is 8.60. The molecule has 5 rings (SSSR count). The van der Waals surface area contributed by atoms with Gasteiger partial charge in [0, 0.05) is 5.57 Å². The molecule has 0 spiro atoms. The van der Waals surface area contributed by atoms with Crippen LogP contribution in [0.15, 0.2) is 101 Å². The van der Waals surface area contributed by atoms with Gasteiger partial charge in [-0.1, -0.05) is 49.0 Å². The average molecular weight is 469 g/mol. The summed E-state index contributed by atoms with van der Waals surface area (Å²) in [6, 6.07) is 25.0. The van der Waals surface area contributed by atoms with E-state index in [0.717, 1.165) is 28.1 Å². The number of oxazole rings is 2. The summed E-state index contributed by atoms with van der Waals surface area (Å²) in [6.45, 7) is 5.26. The molecule has 169 valence electrons. The summed E-state index contributed by atoms with van der Waals surface area (Å²) in [6.07, 6.45) is 1.52. The Bertz CT molecular complexity index is 1330. The van der Waals surface area contributed by atoms with E-state index in [1.165, 1.54) is 6.26 Å². The van der Waals surface area contributed by atoms with Crippen LogP contribution in [0.4, 0.5) is 0 Å². The largest absolute Gasteiger partial charge is 0.881 e. The average Bonchev–Trinajstić information content (AvgIpc) is 3.51. The first kappa shape index (κ1) is 23.3. The van der Waals surface area contributed by atoms with Crippen LogP contribution in [0.5, 0.6) is 11.5 Å². The first-order valence-corrected chi connectivity index (χ1v) is 11.4. The van der Waals surface area contributed by atoms with Gasteiger partial charge >= 0.3 is 15.9 Å². The smallest absolute Gasteiger partial charge is 0.616 e. The molecule has 0 aliphatic heterocycles. The quantitative estimate of drug-likeness (QED) is 0.316. The van der Waals surface area contributed by atoms with Crippen LogP contribution in [0.3, 0.4) is 0 Å². The number of fused-ring (bicyclic) bond motifs is 1. The molecule has 8 heteroatoms. The van der Waals surface area contributed by atoms with E-state index in [0.29, 0.717) is 23.1 Å². The summed E-state index contributed by atoms with van der Waals surface area (Å²) >= 11 is -0.681. The molecule has 5 aromatic rings. The van der Waals surface area contributed by atoms with Crippen LogP contribution in [-0.4, -0.2) is 37.6 Å².